The first-order chi connectivity index (χ1) is 14.1. The number of carbonyl (C=O) groups is 1. The average Bonchev–Trinajstić information content (AvgIpc) is 2.87. The van der Waals surface area contributed by atoms with Crippen molar-refractivity contribution in [3.63, 3.8) is 0 Å². The fraction of sp³-hybridized carbons (Fsp3) is 0.500. The first kappa shape index (κ1) is 22.6. The van der Waals surface area contributed by atoms with Gasteiger partial charge < -0.3 is 14.2 Å². The SMILES string of the molecule is Cc1noc(C)c1S(=O)(=O)N1CCCN(C(=O)c2cc(Cl)ccc2OC(C)C)CC1. The van der Waals surface area contributed by atoms with E-state index in [0.29, 0.717) is 41.5 Å². The highest BCUT2D eigenvalue weighted by Crippen LogP contribution is 2.27. The number of halogens is 1. The van der Waals surface area contributed by atoms with E-state index in [4.69, 9.17) is 20.9 Å². The van der Waals surface area contributed by atoms with E-state index in [-0.39, 0.29) is 35.8 Å². The highest BCUT2D eigenvalue weighted by atomic mass is 35.5. The monoisotopic (exact) mass is 455 g/mol. The lowest BCUT2D eigenvalue weighted by Gasteiger charge is -2.23. The lowest BCUT2D eigenvalue weighted by Crippen LogP contribution is -2.37. The molecule has 0 saturated carbocycles. The molecule has 0 unspecified atom stereocenters. The summed E-state index contributed by atoms with van der Waals surface area (Å²) in [6.07, 6.45) is 0.410. The van der Waals surface area contributed by atoms with Crippen LogP contribution in [0.15, 0.2) is 27.6 Å². The van der Waals surface area contributed by atoms with Crippen LogP contribution in [0.5, 0.6) is 5.75 Å². The minimum atomic E-state index is -3.75. The summed E-state index contributed by atoms with van der Waals surface area (Å²) < 4.78 is 38.4. The summed E-state index contributed by atoms with van der Waals surface area (Å²) in [7, 11) is -3.75. The van der Waals surface area contributed by atoms with Crippen LogP contribution in [0.3, 0.4) is 0 Å². The zero-order valence-electron chi connectivity index (χ0n) is 17.5. The largest absolute Gasteiger partial charge is 0.490 e. The van der Waals surface area contributed by atoms with Gasteiger partial charge in [-0.3, -0.25) is 4.79 Å². The fourth-order valence-corrected chi connectivity index (χ4v) is 5.44. The van der Waals surface area contributed by atoms with Crippen LogP contribution in [0.4, 0.5) is 0 Å². The van der Waals surface area contributed by atoms with Gasteiger partial charge in [-0.1, -0.05) is 16.8 Å². The number of aryl methyl sites for hydroxylation is 2. The number of nitrogens with zero attached hydrogens (tertiary/aromatic N) is 3. The Morgan fingerprint density at radius 1 is 1.20 bits per heavy atom. The first-order valence-electron chi connectivity index (χ1n) is 9.79. The van der Waals surface area contributed by atoms with Gasteiger partial charge in [0.15, 0.2) is 5.76 Å². The van der Waals surface area contributed by atoms with Crippen LogP contribution in [0.2, 0.25) is 5.02 Å². The molecule has 0 N–H and O–H groups in total. The van der Waals surface area contributed by atoms with E-state index < -0.39 is 10.0 Å². The third-order valence-corrected chi connectivity index (χ3v) is 7.22. The van der Waals surface area contributed by atoms with E-state index in [9.17, 15) is 13.2 Å². The van der Waals surface area contributed by atoms with E-state index in [1.807, 2.05) is 13.8 Å². The van der Waals surface area contributed by atoms with Gasteiger partial charge in [-0.15, -0.1) is 0 Å². The first-order valence-corrected chi connectivity index (χ1v) is 11.6. The van der Waals surface area contributed by atoms with Crippen molar-refractivity contribution in [3.8, 4) is 5.75 Å². The van der Waals surface area contributed by atoms with Gasteiger partial charge in [-0.05, 0) is 52.3 Å². The van der Waals surface area contributed by atoms with Crippen molar-refractivity contribution in [2.24, 2.45) is 0 Å². The van der Waals surface area contributed by atoms with Gasteiger partial charge in [-0.2, -0.15) is 4.31 Å². The van der Waals surface area contributed by atoms with E-state index in [2.05, 4.69) is 5.16 Å². The van der Waals surface area contributed by atoms with Crippen LogP contribution in [0, 0.1) is 13.8 Å². The van der Waals surface area contributed by atoms with Gasteiger partial charge in [0.25, 0.3) is 5.91 Å². The van der Waals surface area contributed by atoms with Crippen molar-refractivity contribution < 1.29 is 22.5 Å². The Morgan fingerprint density at radius 2 is 1.93 bits per heavy atom. The molecule has 1 aromatic carbocycles. The lowest BCUT2D eigenvalue weighted by atomic mass is 10.1. The summed E-state index contributed by atoms with van der Waals surface area (Å²) in [4.78, 5) is 14.9. The van der Waals surface area contributed by atoms with Crippen molar-refractivity contribution in [2.45, 2.75) is 45.1 Å². The molecule has 164 valence electrons. The molecule has 0 spiro atoms. The molecule has 0 aliphatic carbocycles. The van der Waals surface area contributed by atoms with Crippen LogP contribution in [0.1, 0.15) is 42.1 Å². The molecule has 2 aromatic rings. The van der Waals surface area contributed by atoms with Crippen LogP contribution < -0.4 is 4.74 Å². The fourth-order valence-electron chi connectivity index (χ4n) is 3.51. The molecule has 0 radical (unpaired) electrons. The van der Waals surface area contributed by atoms with Crippen molar-refractivity contribution >= 4 is 27.5 Å². The van der Waals surface area contributed by atoms with Gasteiger partial charge >= 0.3 is 0 Å². The van der Waals surface area contributed by atoms with Gasteiger partial charge in [0.1, 0.15) is 16.3 Å². The van der Waals surface area contributed by atoms with E-state index in [1.54, 1.807) is 36.9 Å². The number of carbonyl (C=O) groups excluding carboxylic acids is 1. The summed E-state index contributed by atoms with van der Waals surface area (Å²) in [5.41, 5.74) is 0.706. The molecule has 8 nitrogen and oxygen atoms in total. The maximum Gasteiger partial charge on any atom is 0.257 e. The molecule has 1 fully saturated rings. The Labute approximate surface area is 181 Å². The van der Waals surface area contributed by atoms with Gasteiger partial charge in [0, 0.05) is 31.2 Å². The van der Waals surface area contributed by atoms with Crippen LogP contribution >= 0.6 is 11.6 Å². The highest BCUT2D eigenvalue weighted by Gasteiger charge is 2.33. The zero-order chi connectivity index (χ0) is 22.1. The van der Waals surface area contributed by atoms with Gasteiger partial charge in [0.05, 0.1) is 11.7 Å². The summed E-state index contributed by atoms with van der Waals surface area (Å²) in [5.74, 6) is 0.493. The smallest absolute Gasteiger partial charge is 0.257 e. The minimum Gasteiger partial charge on any atom is -0.490 e. The zero-order valence-corrected chi connectivity index (χ0v) is 19.1. The molecule has 3 rings (SSSR count). The molecule has 10 heteroatoms. The number of hydrogen-bond donors (Lipinski definition) is 0. The molecule has 2 heterocycles. The summed E-state index contributed by atoms with van der Waals surface area (Å²) in [6.45, 7) is 8.12. The Balaban J connectivity index is 1.81. The lowest BCUT2D eigenvalue weighted by molar-refractivity contribution is 0.0758. The molecular formula is C20H26ClN3O5S. The van der Waals surface area contributed by atoms with Crippen LogP contribution in [0.25, 0.3) is 0 Å². The minimum absolute atomic E-state index is 0.0995. The molecule has 0 atom stereocenters. The Kier molecular flexibility index (Phi) is 6.74. The maximum absolute atomic E-state index is 13.2. The summed E-state index contributed by atoms with van der Waals surface area (Å²) >= 11 is 6.11. The predicted molar refractivity (Wildman–Crippen MR) is 112 cm³/mol. The quantitative estimate of drug-likeness (QED) is 0.686. The van der Waals surface area contributed by atoms with Crippen molar-refractivity contribution in [3.05, 3.63) is 40.2 Å². The van der Waals surface area contributed by atoms with E-state index in [0.717, 1.165) is 0 Å². The molecule has 1 aromatic heterocycles. The second kappa shape index (κ2) is 8.95. The number of hydrogen-bond acceptors (Lipinski definition) is 6. The third kappa shape index (κ3) is 4.63. The molecule has 0 bridgehead atoms. The topological polar surface area (TPSA) is 93.0 Å². The number of sulfonamides is 1. The summed E-state index contributed by atoms with van der Waals surface area (Å²) in [6, 6.07) is 4.95. The molecule has 1 amide bonds. The molecular weight excluding hydrogens is 430 g/mol. The second-order valence-corrected chi connectivity index (χ2v) is 9.82. The standard InChI is InChI=1S/C20H26ClN3O5S/c1-13(2)28-18-7-6-16(21)12-17(18)20(25)23-8-5-9-24(11-10-23)30(26,27)19-14(3)22-29-15(19)4/h6-7,12-13H,5,8-11H2,1-4H3. The number of aromatic nitrogens is 1. The van der Waals surface area contributed by atoms with Crippen molar-refractivity contribution in [2.75, 3.05) is 26.2 Å². The van der Waals surface area contributed by atoms with Gasteiger partial charge in [-0.25, -0.2) is 8.42 Å². The van der Waals surface area contributed by atoms with E-state index in [1.165, 1.54) is 4.31 Å². The molecule has 30 heavy (non-hydrogen) atoms. The van der Waals surface area contributed by atoms with Crippen molar-refractivity contribution in [1.82, 2.24) is 14.4 Å². The Morgan fingerprint density at radius 3 is 2.57 bits per heavy atom. The Bertz CT molecular complexity index is 1020. The maximum atomic E-state index is 13.2. The van der Waals surface area contributed by atoms with Crippen molar-refractivity contribution in [1.29, 1.82) is 0 Å². The second-order valence-electron chi connectivity index (χ2n) is 7.51. The molecule has 1 aliphatic rings. The summed E-state index contributed by atoms with van der Waals surface area (Å²) in [5, 5.41) is 4.19. The third-order valence-electron chi connectivity index (χ3n) is 4.84. The number of amides is 1. The normalized spacial score (nSPS) is 16.0. The van der Waals surface area contributed by atoms with Crippen LogP contribution in [-0.4, -0.2) is 61.0 Å². The number of rotatable bonds is 5. The average molecular weight is 456 g/mol. The molecule has 1 saturated heterocycles. The Hall–Kier alpha value is -2.10. The highest BCUT2D eigenvalue weighted by molar-refractivity contribution is 7.89. The number of ether oxygens (including phenoxy) is 1. The van der Waals surface area contributed by atoms with Gasteiger partial charge in [0.2, 0.25) is 10.0 Å². The predicted octanol–water partition coefficient (Wildman–Crippen LogP) is 3.27. The molecule has 1 aliphatic heterocycles. The van der Waals surface area contributed by atoms with E-state index >= 15 is 0 Å². The number of benzene rings is 1. The van der Waals surface area contributed by atoms with Crippen LogP contribution in [-0.2, 0) is 10.0 Å².